The van der Waals surface area contributed by atoms with Crippen LogP contribution in [0.25, 0.3) is 0 Å². The van der Waals surface area contributed by atoms with Crippen LogP contribution in [0.2, 0.25) is 0 Å². The van der Waals surface area contributed by atoms with Gasteiger partial charge in [0.05, 0.1) is 20.6 Å². The molecule has 1 N–H and O–H groups in total. The monoisotopic (exact) mass is 393 g/mol. The van der Waals surface area contributed by atoms with Crippen molar-refractivity contribution in [2.75, 3.05) is 20.6 Å². The lowest BCUT2D eigenvalue weighted by atomic mass is 10.0. The summed E-state index contributed by atoms with van der Waals surface area (Å²) in [5, 5.41) is 9.66. The fourth-order valence-corrected chi connectivity index (χ4v) is 2.90. The molecule has 0 aliphatic rings. The first kappa shape index (κ1) is 25.6. The van der Waals surface area contributed by atoms with E-state index in [0.717, 1.165) is 11.0 Å². The Bertz CT molecular complexity index is 232. The number of rotatable bonds is 16. The molecule has 0 fully saturated rings. The van der Waals surface area contributed by atoms with Crippen LogP contribution in [-0.4, -0.2) is 36.5 Å². The maximum atomic E-state index is 9.66. The molecule has 2 nitrogen and oxygen atoms in total. The molecule has 0 saturated carbocycles. The van der Waals surface area contributed by atoms with E-state index in [1.165, 1.54) is 89.9 Å². The molecule has 0 aromatic heterocycles. The van der Waals surface area contributed by atoms with Crippen LogP contribution >= 0.6 is 0 Å². The van der Waals surface area contributed by atoms with Crippen LogP contribution in [0.15, 0.2) is 0 Å². The quantitative estimate of drug-likeness (QED) is 0.243. The summed E-state index contributed by atoms with van der Waals surface area (Å²) in [6.45, 7) is 5.27. The molecular weight excluding hydrogens is 350 g/mol. The molecule has 0 aromatic carbocycles. The summed E-state index contributed by atoms with van der Waals surface area (Å²) >= 11 is 0. The molecule has 23 heavy (non-hydrogen) atoms. The Morgan fingerprint density at radius 3 is 1.26 bits per heavy atom. The van der Waals surface area contributed by atoms with E-state index in [4.69, 9.17) is 0 Å². The van der Waals surface area contributed by atoms with Crippen LogP contribution in [0.5, 0.6) is 0 Å². The van der Waals surface area contributed by atoms with Gasteiger partial charge < -0.3 is 26.6 Å². The lowest BCUT2D eigenvalue weighted by Gasteiger charge is -2.32. The van der Waals surface area contributed by atoms with E-state index in [2.05, 4.69) is 21.0 Å². The van der Waals surface area contributed by atoms with Crippen molar-refractivity contribution in [3.63, 3.8) is 0 Å². The second-order valence-corrected chi connectivity index (χ2v) is 7.73. The molecule has 0 aromatic rings. The van der Waals surface area contributed by atoms with Crippen LogP contribution in [0.4, 0.5) is 0 Å². The van der Waals surface area contributed by atoms with Gasteiger partial charge in [-0.3, -0.25) is 0 Å². The van der Waals surface area contributed by atoms with Crippen molar-refractivity contribution in [1.82, 2.24) is 0 Å². The molecule has 0 aliphatic carbocycles. The molecule has 0 radical (unpaired) electrons. The maximum absolute atomic E-state index is 9.66. The van der Waals surface area contributed by atoms with E-state index in [-0.39, 0.29) is 23.2 Å². The van der Waals surface area contributed by atoms with E-state index in [1.807, 2.05) is 6.92 Å². The van der Waals surface area contributed by atoms with Crippen molar-refractivity contribution >= 4 is 0 Å². The van der Waals surface area contributed by atoms with Crippen molar-refractivity contribution in [3.8, 4) is 0 Å². The third-order valence-corrected chi connectivity index (χ3v) is 5.10. The summed E-state index contributed by atoms with van der Waals surface area (Å²) < 4.78 is 0.734. The van der Waals surface area contributed by atoms with Gasteiger partial charge in [0.25, 0.3) is 0 Å². The smallest absolute Gasteiger partial charge is 0.187 e. The molecule has 0 bridgehead atoms. The van der Waals surface area contributed by atoms with E-state index in [1.54, 1.807) is 0 Å². The highest BCUT2D eigenvalue weighted by atomic mass is 79.9. The number of unbranched alkanes of at least 4 members (excludes halogenated alkanes) is 13. The van der Waals surface area contributed by atoms with Gasteiger partial charge in [0.2, 0.25) is 0 Å². The average Bonchev–Trinajstić information content (AvgIpc) is 2.47. The molecule has 0 heterocycles. The highest BCUT2D eigenvalue weighted by molar-refractivity contribution is 4.49. The minimum atomic E-state index is -0.248. The fraction of sp³-hybridized carbons (Fsp3) is 1.00. The second kappa shape index (κ2) is 17.2. The molecule has 0 rings (SSSR count). The van der Waals surface area contributed by atoms with Crippen LogP contribution in [0.3, 0.4) is 0 Å². The topological polar surface area (TPSA) is 20.2 Å². The Hall–Kier alpha value is 0.400. The van der Waals surface area contributed by atoms with Gasteiger partial charge in [0.1, 0.15) is 0 Å². The van der Waals surface area contributed by atoms with Gasteiger partial charge in [-0.05, 0) is 12.8 Å². The predicted molar refractivity (Wildman–Crippen MR) is 99.0 cm³/mol. The first-order valence-corrected chi connectivity index (χ1v) is 10.0. The normalized spacial score (nSPS) is 12.9. The summed E-state index contributed by atoms with van der Waals surface area (Å²) in [5.74, 6) is 0. The molecule has 142 valence electrons. The predicted octanol–water partition coefficient (Wildman–Crippen LogP) is 2.89. The molecule has 1 unspecified atom stereocenters. The summed E-state index contributed by atoms with van der Waals surface area (Å²) in [6, 6.07) is 0. The Balaban J connectivity index is 0. The van der Waals surface area contributed by atoms with E-state index in [9.17, 15) is 5.11 Å². The number of aliphatic hydroxyl groups is 1. The fourth-order valence-electron chi connectivity index (χ4n) is 2.90. The Morgan fingerprint density at radius 2 is 0.957 bits per heavy atom. The van der Waals surface area contributed by atoms with Crippen LogP contribution in [-0.2, 0) is 0 Å². The van der Waals surface area contributed by atoms with Gasteiger partial charge in [-0.2, -0.15) is 0 Å². The minimum Gasteiger partial charge on any atom is -1.00 e. The molecule has 0 aliphatic heterocycles. The lowest BCUT2D eigenvalue weighted by molar-refractivity contribution is -0.934. The molecule has 1 atom stereocenters. The Kier molecular flexibility index (Phi) is 19.2. The van der Waals surface area contributed by atoms with Gasteiger partial charge in [-0.1, -0.05) is 84.0 Å². The number of quaternary nitrogens is 1. The molecule has 0 spiro atoms. The zero-order valence-corrected chi connectivity index (χ0v) is 18.0. The zero-order chi connectivity index (χ0) is 16.7. The van der Waals surface area contributed by atoms with Crippen molar-refractivity contribution in [2.45, 2.75) is 110 Å². The first-order chi connectivity index (χ1) is 10.5. The van der Waals surface area contributed by atoms with Gasteiger partial charge in [-0.25, -0.2) is 0 Å². The summed E-state index contributed by atoms with van der Waals surface area (Å²) in [7, 11) is 4.24. The number of nitrogens with zero attached hydrogens (tertiary/aromatic N) is 1. The maximum Gasteiger partial charge on any atom is 0.187 e. The zero-order valence-electron chi connectivity index (χ0n) is 16.5. The minimum absolute atomic E-state index is 0. The highest BCUT2D eigenvalue weighted by Crippen LogP contribution is 2.14. The van der Waals surface area contributed by atoms with Crippen LogP contribution in [0.1, 0.15) is 104 Å². The van der Waals surface area contributed by atoms with E-state index >= 15 is 0 Å². The van der Waals surface area contributed by atoms with Crippen LogP contribution in [0, 0.1) is 0 Å². The molecule has 0 amide bonds. The molecular formula is C20H44BrNO. The lowest BCUT2D eigenvalue weighted by Crippen LogP contribution is -3.00. The standard InChI is InChI=1S/C20H44NO.BrH/c1-5-6-7-8-9-10-11-12-13-14-15-16-17-18-19-21(3,4)20(2)22;/h20,22H,5-19H2,1-4H3;1H/q+1;/p-1. The van der Waals surface area contributed by atoms with Crippen LogP contribution < -0.4 is 17.0 Å². The number of aliphatic hydroxyl groups excluding tert-OH is 1. The first-order valence-electron chi connectivity index (χ1n) is 10.0. The highest BCUT2D eigenvalue weighted by Gasteiger charge is 2.20. The summed E-state index contributed by atoms with van der Waals surface area (Å²) in [4.78, 5) is 0. The van der Waals surface area contributed by atoms with Gasteiger partial charge >= 0.3 is 0 Å². The van der Waals surface area contributed by atoms with Crippen molar-refractivity contribution < 1.29 is 26.6 Å². The summed E-state index contributed by atoms with van der Waals surface area (Å²) in [6.07, 6.45) is 19.4. The van der Waals surface area contributed by atoms with Crippen molar-refractivity contribution in [1.29, 1.82) is 0 Å². The number of halogens is 1. The largest absolute Gasteiger partial charge is 1.00 e. The van der Waals surface area contributed by atoms with E-state index < -0.39 is 0 Å². The van der Waals surface area contributed by atoms with Gasteiger partial charge in [-0.15, -0.1) is 0 Å². The number of hydrogen-bond acceptors (Lipinski definition) is 1. The Labute approximate surface area is 157 Å². The SMILES string of the molecule is CCCCCCCCCCCCCCCC[N+](C)(C)C(C)O.[Br-]. The third-order valence-electron chi connectivity index (χ3n) is 5.10. The molecule has 0 saturated heterocycles. The Morgan fingerprint density at radius 1 is 0.652 bits per heavy atom. The van der Waals surface area contributed by atoms with Gasteiger partial charge in [0.15, 0.2) is 6.23 Å². The van der Waals surface area contributed by atoms with E-state index in [0.29, 0.717) is 0 Å². The molecule has 3 heteroatoms. The van der Waals surface area contributed by atoms with Crippen molar-refractivity contribution in [3.05, 3.63) is 0 Å². The average molecular weight is 394 g/mol. The number of hydrogen-bond donors (Lipinski definition) is 1. The van der Waals surface area contributed by atoms with Gasteiger partial charge in [0, 0.05) is 6.92 Å². The van der Waals surface area contributed by atoms with Crippen molar-refractivity contribution in [2.24, 2.45) is 0 Å². The second-order valence-electron chi connectivity index (χ2n) is 7.73. The third kappa shape index (κ3) is 17.0. The summed E-state index contributed by atoms with van der Waals surface area (Å²) in [5.41, 5.74) is 0.